The summed E-state index contributed by atoms with van der Waals surface area (Å²) in [5, 5.41) is 14.8. The summed E-state index contributed by atoms with van der Waals surface area (Å²) in [6, 6.07) is -8.33. The molecule has 6 N–H and O–H groups in total. The molecule has 1 fully saturated rings. The molecule has 1 heterocycles. The number of esters is 6. The minimum Gasteiger partial charge on any atom is -0.451 e. The van der Waals surface area contributed by atoms with Crippen molar-refractivity contribution < 1.29 is 86.0 Å². The number of rotatable bonds is 8. The fourth-order valence-corrected chi connectivity index (χ4v) is 6.99. The van der Waals surface area contributed by atoms with E-state index in [0.29, 0.717) is 0 Å². The topological polar surface area (TPSA) is 332 Å². The van der Waals surface area contributed by atoms with E-state index in [0.717, 1.165) is 0 Å². The maximum absolute atomic E-state index is 13.8. The van der Waals surface area contributed by atoms with Gasteiger partial charge < -0.3 is 60.3 Å². The van der Waals surface area contributed by atoms with Crippen molar-refractivity contribution >= 4 is 71.3 Å². The largest absolute Gasteiger partial charge is 0.451 e. The lowest BCUT2D eigenvalue weighted by molar-refractivity contribution is -0.167. The Bertz CT molecular complexity index is 2060. The highest BCUT2D eigenvalue weighted by molar-refractivity contribution is 5.95. The normalized spacial score (nSPS) is 29.4. The Kier molecular flexibility index (Phi) is 26.9. The molecule has 6 amide bonds. The number of hydrogen-bond donors (Lipinski definition) is 6. The molecule has 1 aliphatic rings. The predicted octanol–water partition coefficient (Wildman–Crippen LogP) is 1.46. The molecule has 1 aliphatic heterocycles. The third-order valence-electron chi connectivity index (χ3n) is 11.9. The Morgan fingerprint density at radius 3 is 0.827 bits per heavy atom. The highest BCUT2D eigenvalue weighted by atomic mass is 16.6. The first-order valence-corrected chi connectivity index (χ1v) is 25.6. The summed E-state index contributed by atoms with van der Waals surface area (Å²) in [5.41, 5.74) is 0. The summed E-state index contributed by atoms with van der Waals surface area (Å²) in [6.45, 7) is 28.5. The van der Waals surface area contributed by atoms with Crippen LogP contribution < -0.4 is 31.9 Å². The van der Waals surface area contributed by atoms with E-state index < -0.39 is 186 Å². The first-order chi connectivity index (χ1) is 34.6. The van der Waals surface area contributed by atoms with E-state index in [-0.39, 0.29) is 6.42 Å². The Morgan fingerprint density at radius 1 is 0.307 bits per heavy atom. The molecule has 24 nitrogen and oxygen atoms in total. The van der Waals surface area contributed by atoms with Crippen LogP contribution in [0.2, 0.25) is 0 Å². The van der Waals surface area contributed by atoms with Gasteiger partial charge in [-0.15, -0.1) is 0 Å². The lowest BCUT2D eigenvalue weighted by atomic mass is 10.0. The molecule has 0 aromatic carbocycles. The molecule has 0 unspecified atom stereocenters. The summed E-state index contributed by atoms with van der Waals surface area (Å²) >= 11 is 0. The van der Waals surface area contributed by atoms with Crippen LogP contribution in [-0.2, 0) is 86.0 Å². The van der Waals surface area contributed by atoms with E-state index in [2.05, 4.69) is 31.9 Å². The van der Waals surface area contributed by atoms with Gasteiger partial charge in [-0.25, -0.2) is 28.8 Å². The monoisotopic (exact) mass is 1070 g/mol. The zero-order valence-corrected chi connectivity index (χ0v) is 47.0. The van der Waals surface area contributed by atoms with Crippen LogP contribution in [0.4, 0.5) is 0 Å². The van der Waals surface area contributed by atoms with Crippen molar-refractivity contribution in [2.75, 3.05) is 0 Å². The van der Waals surface area contributed by atoms with Gasteiger partial charge >= 0.3 is 35.8 Å². The van der Waals surface area contributed by atoms with Crippen molar-refractivity contribution in [3.8, 4) is 0 Å². The number of cyclic esters (lactones) is 6. The van der Waals surface area contributed by atoms with Crippen LogP contribution in [0.3, 0.4) is 0 Å². The predicted molar refractivity (Wildman–Crippen MR) is 268 cm³/mol. The van der Waals surface area contributed by atoms with E-state index >= 15 is 0 Å². The third-order valence-corrected chi connectivity index (χ3v) is 11.9. The van der Waals surface area contributed by atoms with Crippen molar-refractivity contribution in [2.45, 2.75) is 211 Å². The van der Waals surface area contributed by atoms with Crippen LogP contribution in [-0.4, -0.2) is 144 Å². The van der Waals surface area contributed by atoms with E-state index in [4.69, 9.17) is 28.4 Å². The number of amides is 6. The van der Waals surface area contributed by atoms with Crippen LogP contribution in [0.25, 0.3) is 0 Å². The van der Waals surface area contributed by atoms with Crippen molar-refractivity contribution in [3.05, 3.63) is 0 Å². The van der Waals surface area contributed by atoms with E-state index in [1.165, 1.54) is 34.6 Å². The molecule has 0 bridgehead atoms. The third kappa shape index (κ3) is 20.4. The number of ether oxygens (including phenoxy) is 6. The number of carbonyl (C=O) groups excluding carboxylic acids is 12. The molecule has 0 spiro atoms. The Balaban J connectivity index is 3.75. The summed E-state index contributed by atoms with van der Waals surface area (Å²) in [5.74, 6) is -16.5. The molecule has 24 heteroatoms. The van der Waals surface area contributed by atoms with Crippen molar-refractivity contribution in [1.29, 1.82) is 0 Å². The first-order valence-electron chi connectivity index (χ1n) is 25.6. The summed E-state index contributed by atoms with van der Waals surface area (Å²) in [6.07, 6.45) is -9.23. The number of carbonyl (C=O) groups is 12. The van der Waals surface area contributed by atoms with E-state index in [1.807, 2.05) is 0 Å². The molecule has 12 atom stereocenters. The molecular formula is C51H84N6O18. The molecule has 75 heavy (non-hydrogen) atoms. The van der Waals surface area contributed by atoms with Crippen LogP contribution in [0.15, 0.2) is 0 Å². The zero-order chi connectivity index (χ0) is 58.1. The van der Waals surface area contributed by atoms with Gasteiger partial charge in [0.05, 0.1) is 0 Å². The van der Waals surface area contributed by atoms with Crippen molar-refractivity contribution in [2.24, 2.45) is 41.4 Å². The molecule has 0 aromatic rings. The number of hydrogen-bond acceptors (Lipinski definition) is 18. The summed E-state index contributed by atoms with van der Waals surface area (Å²) < 4.78 is 33.0. The molecule has 1 saturated heterocycles. The summed E-state index contributed by atoms with van der Waals surface area (Å²) in [4.78, 5) is 163. The second kappa shape index (κ2) is 30.3. The standard InChI is InChI=1S/C51H84N6O18/c1-20-32-47(65)73-37(25(10)11)43(61)52-28(16)46(64)70-30(18)41(59)54-35(23(6)7)50(68)74-39(27(14)15)45(63)57-34(22(4)5)49(67)72-31(19)42(60)55-36(24(8)9)51(69)75-38(26(12)13)44(62)56-33(21(2)3)48(66)71-29(17)40(58)53-32/h21-39H,20H2,1-19H3,(H,52,61)(H,53,58)(H,54,59)(H,55,60)(H,56,62)(H,57,63)/t28-,29+,30+,31+,32+,33-,34-,35+,36+,37-,38-,39-/m1/s1. The lowest BCUT2D eigenvalue weighted by Gasteiger charge is -2.30. The zero-order valence-electron chi connectivity index (χ0n) is 47.0. The molecule has 0 saturated carbocycles. The van der Waals surface area contributed by atoms with Crippen LogP contribution in [0.1, 0.15) is 138 Å². The van der Waals surface area contributed by atoms with Gasteiger partial charge in [-0.05, 0) is 75.5 Å². The van der Waals surface area contributed by atoms with Gasteiger partial charge in [0, 0.05) is 0 Å². The summed E-state index contributed by atoms with van der Waals surface area (Å²) in [7, 11) is 0. The fraction of sp³-hybridized carbons (Fsp3) is 0.765. The molecular weight excluding hydrogens is 985 g/mol. The Morgan fingerprint density at radius 2 is 0.547 bits per heavy atom. The maximum atomic E-state index is 13.8. The minimum absolute atomic E-state index is 0.0457. The smallest absolute Gasteiger partial charge is 0.329 e. The highest BCUT2D eigenvalue weighted by Crippen LogP contribution is 2.18. The van der Waals surface area contributed by atoms with Gasteiger partial charge in [-0.2, -0.15) is 0 Å². The van der Waals surface area contributed by atoms with E-state index in [9.17, 15) is 57.5 Å². The fourth-order valence-electron chi connectivity index (χ4n) is 6.99. The van der Waals surface area contributed by atoms with Crippen molar-refractivity contribution in [1.82, 2.24) is 31.9 Å². The van der Waals surface area contributed by atoms with Gasteiger partial charge in [-0.3, -0.25) is 28.8 Å². The van der Waals surface area contributed by atoms with Crippen molar-refractivity contribution in [3.63, 3.8) is 0 Å². The van der Waals surface area contributed by atoms with Crippen LogP contribution in [0, 0.1) is 41.4 Å². The van der Waals surface area contributed by atoms with Crippen LogP contribution >= 0.6 is 0 Å². The molecule has 426 valence electrons. The molecule has 1 rings (SSSR count). The average molecular weight is 1070 g/mol. The molecule has 0 radical (unpaired) electrons. The lowest BCUT2D eigenvalue weighted by Crippen LogP contribution is -2.55. The second-order valence-electron chi connectivity index (χ2n) is 21.2. The molecule has 0 aliphatic carbocycles. The van der Waals surface area contributed by atoms with Gasteiger partial charge in [0.15, 0.2) is 36.6 Å². The minimum atomic E-state index is -1.55. The maximum Gasteiger partial charge on any atom is 0.329 e. The van der Waals surface area contributed by atoms with Gasteiger partial charge in [0.2, 0.25) is 0 Å². The Hall–Kier alpha value is -6.36. The quantitative estimate of drug-likeness (QED) is 0.148. The second-order valence-corrected chi connectivity index (χ2v) is 21.2. The Labute approximate surface area is 440 Å². The molecule has 0 aromatic heterocycles. The SMILES string of the molecule is CC[C@@H]1NC(=O)[C@H](C)OC(=O)[C@@H](C(C)C)NC(=O)[C@@H](C(C)C)OC(=O)[C@H](C(C)C)NC(=O)[C@H](C)OC(=O)[C@@H](C(C)C)NC(=O)[C@@H](C(C)C)OC(=O)[C@H](C(C)C)NC(=O)[C@H](C)OC(=O)[C@@H](C)NC(=O)[C@@H](C(C)C)OC1=O. The van der Waals surface area contributed by atoms with Gasteiger partial charge in [-0.1, -0.05) is 104 Å². The first kappa shape index (κ1) is 66.7. The average Bonchev–Trinajstić information content (AvgIpc) is 3.30. The highest BCUT2D eigenvalue weighted by Gasteiger charge is 2.41. The van der Waals surface area contributed by atoms with Crippen LogP contribution in [0.5, 0.6) is 0 Å². The number of nitrogens with one attached hydrogen (secondary N) is 6. The van der Waals surface area contributed by atoms with Gasteiger partial charge in [0.1, 0.15) is 36.3 Å². The van der Waals surface area contributed by atoms with Gasteiger partial charge in [0.25, 0.3) is 35.4 Å². The van der Waals surface area contributed by atoms with E-state index in [1.54, 1.807) is 96.9 Å².